The molecule has 1 aliphatic rings. The van der Waals surface area contributed by atoms with E-state index in [1.807, 2.05) is 42.2 Å². The zero-order chi connectivity index (χ0) is 26.9. The first kappa shape index (κ1) is 26.6. The molecule has 0 spiro atoms. The summed E-state index contributed by atoms with van der Waals surface area (Å²) >= 11 is 3.46. The number of fused-ring (bicyclic) bond motifs is 3. The maximum Gasteiger partial charge on any atom is 0.251 e. The molecule has 1 aliphatic heterocycles. The minimum Gasteiger partial charge on any atom is -0.452 e. The van der Waals surface area contributed by atoms with E-state index in [1.54, 1.807) is 6.20 Å². The molecule has 1 aromatic carbocycles. The highest BCUT2D eigenvalue weighted by Crippen LogP contribution is 2.38. The summed E-state index contributed by atoms with van der Waals surface area (Å²) in [5, 5.41) is 0.990. The predicted molar refractivity (Wildman–Crippen MR) is 150 cm³/mol. The first-order chi connectivity index (χ1) is 18.3. The number of aromatic nitrogens is 3. The molecule has 0 aliphatic carbocycles. The molecule has 9 heteroatoms. The Morgan fingerprint density at radius 2 is 2.11 bits per heavy atom. The maximum atomic E-state index is 12.9. The number of nitrogens with one attached hydrogen (secondary N) is 1. The second-order valence-corrected chi connectivity index (χ2v) is 11.4. The van der Waals surface area contributed by atoms with Crippen LogP contribution in [0.5, 0.6) is 0 Å². The number of hydrogen-bond acceptors (Lipinski definition) is 6. The fourth-order valence-corrected chi connectivity index (χ4v) is 5.74. The van der Waals surface area contributed by atoms with Gasteiger partial charge in [-0.1, -0.05) is 26.0 Å². The molecule has 38 heavy (non-hydrogen) atoms. The highest BCUT2D eigenvalue weighted by Gasteiger charge is 2.40. The smallest absolute Gasteiger partial charge is 0.251 e. The molecule has 1 N–H and O–H groups in total. The number of rotatable bonds is 8. The number of aromatic amines is 1. The molecule has 0 bridgehead atoms. The van der Waals surface area contributed by atoms with Crippen LogP contribution in [0.2, 0.25) is 0 Å². The number of halogens is 1. The van der Waals surface area contributed by atoms with Gasteiger partial charge in [0.15, 0.2) is 5.58 Å². The third kappa shape index (κ3) is 5.27. The highest BCUT2D eigenvalue weighted by atomic mass is 79.9. The summed E-state index contributed by atoms with van der Waals surface area (Å²) in [6, 6.07) is 9.78. The number of H-pyrrole nitrogens is 1. The Bertz CT molecular complexity index is 1530. The van der Waals surface area contributed by atoms with Crippen molar-refractivity contribution in [2.75, 3.05) is 26.3 Å². The summed E-state index contributed by atoms with van der Waals surface area (Å²) in [5.41, 5.74) is 3.65. The van der Waals surface area contributed by atoms with Crippen LogP contribution in [-0.2, 0) is 21.4 Å². The molecule has 3 aromatic heterocycles. The van der Waals surface area contributed by atoms with Crippen molar-refractivity contribution in [3.05, 3.63) is 68.4 Å². The lowest BCUT2D eigenvalue weighted by Gasteiger charge is -2.44. The number of amides is 1. The molecular weight excluding hydrogens is 548 g/mol. The van der Waals surface area contributed by atoms with Crippen molar-refractivity contribution < 1.29 is 13.9 Å². The number of likely N-dealkylation sites (tertiary alicyclic amines) is 1. The summed E-state index contributed by atoms with van der Waals surface area (Å²) in [5.74, 6) is 1.04. The number of carbonyl (C=O) groups is 1. The third-order valence-electron chi connectivity index (χ3n) is 7.90. The normalized spacial score (nSPS) is 19.9. The Balaban J connectivity index is 1.08. The standard InChI is InChI=1S/C29H33BrN4O4/c1-18-17-34(12-11-29(18,3)22-15-20(30)16-31-28(22)36)25(35)9-6-13-37-14-10-24-32-19(2)27-26(33-24)21-7-4-5-8-23(21)38-27/h4-5,7-8,15-16,18H,6,9-14,17H2,1-3H3,(H,31,36). The summed E-state index contributed by atoms with van der Waals surface area (Å²) in [4.78, 5) is 39.4. The van der Waals surface area contributed by atoms with Gasteiger partial charge in [0.05, 0.1) is 12.3 Å². The van der Waals surface area contributed by atoms with Crippen molar-refractivity contribution in [1.82, 2.24) is 19.9 Å². The van der Waals surface area contributed by atoms with Crippen LogP contribution < -0.4 is 5.56 Å². The molecule has 200 valence electrons. The van der Waals surface area contributed by atoms with E-state index < -0.39 is 0 Å². The van der Waals surface area contributed by atoms with E-state index in [0.717, 1.165) is 50.0 Å². The van der Waals surface area contributed by atoms with Crippen molar-refractivity contribution in [3.63, 3.8) is 0 Å². The van der Waals surface area contributed by atoms with Gasteiger partial charge in [-0.2, -0.15) is 0 Å². The van der Waals surface area contributed by atoms with Crippen molar-refractivity contribution in [3.8, 4) is 0 Å². The monoisotopic (exact) mass is 580 g/mol. The molecule has 0 radical (unpaired) electrons. The fourth-order valence-electron chi connectivity index (χ4n) is 5.39. The van der Waals surface area contributed by atoms with Gasteiger partial charge in [0.25, 0.3) is 5.56 Å². The van der Waals surface area contributed by atoms with Gasteiger partial charge in [0.2, 0.25) is 5.91 Å². The molecule has 0 saturated carbocycles. The van der Waals surface area contributed by atoms with Crippen molar-refractivity contribution in [2.45, 2.75) is 51.9 Å². The van der Waals surface area contributed by atoms with Gasteiger partial charge in [-0.25, -0.2) is 9.97 Å². The quantitative estimate of drug-likeness (QED) is 0.284. The molecule has 1 fully saturated rings. The molecule has 1 amide bonds. The van der Waals surface area contributed by atoms with Gasteiger partial charge >= 0.3 is 0 Å². The number of aryl methyl sites for hydroxylation is 1. The SMILES string of the molecule is Cc1nc(CCOCCCC(=O)N2CCC(C)(c3cc(Br)c[nH]c3=O)C(C)C2)nc2c1oc1ccccc12. The van der Waals surface area contributed by atoms with E-state index in [4.69, 9.17) is 14.1 Å². The van der Waals surface area contributed by atoms with E-state index >= 15 is 0 Å². The molecular formula is C29H33BrN4O4. The molecule has 4 aromatic rings. The molecule has 1 saturated heterocycles. The Morgan fingerprint density at radius 1 is 1.29 bits per heavy atom. The van der Waals surface area contributed by atoms with Gasteiger partial charge < -0.3 is 19.0 Å². The van der Waals surface area contributed by atoms with Crippen molar-refractivity contribution in [2.24, 2.45) is 5.92 Å². The number of hydrogen-bond donors (Lipinski definition) is 1. The third-order valence-corrected chi connectivity index (χ3v) is 8.36. The number of pyridine rings is 1. The number of para-hydroxylation sites is 1. The number of ether oxygens (including phenoxy) is 1. The van der Waals surface area contributed by atoms with Crippen LogP contribution in [0.4, 0.5) is 0 Å². The predicted octanol–water partition coefficient (Wildman–Crippen LogP) is 5.30. The topological polar surface area (TPSA) is 101 Å². The zero-order valence-corrected chi connectivity index (χ0v) is 23.6. The lowest BCUT2D eigenvalue weighted by Crippen LogP contribution is -2.51. The highest BCUT2D eigenvalue weighted by molar-refractivity contribution is 9.10. The maximum absolute atomic E-state index is 12.9. The second-order valence-electron chi connectivity index (χ2n) is 10.4. The largest absolute Gasteiger partial charge is 0.452 e. The Morgan fingerprint density at radius 3 is 2.92 bits per heavy atom. The lowest BCUT2D eigenvalue weighted by atomic mass is 9.68. The Kier molecular flexibility index (Phi) is 7.68. The van der Waals surface area contributed by atoms with E-state index in [1.165, 1.54) is 0 Å². The van der Waals surface area contributed by atoms with E-state index in [9.17, 15) is 9.59 Å². The molecule has 2 atom stereocenters. The Hall–Kier alpha value is -3.04. The van der Waals surface area contributed by atoms with Crippen LogP contribution in [0.25, 0.3) is 22.1 Å². The number of carbonyl (C=O) groups excluding carboxylic acids is 1. The summed E-state index contributed by atoms with van der Waals surface area (Å²) in [7, 11) is 0. The molecule has 8 nitrogen and oxygen atoms in total. The minimum atomic E-state index is -0.274. The molecule has 2 unspecified atom stereocenters. The first-order valence-electron chi connectivity index (χ1n) is 13.2. The van der Waals surface area contributed by atoms with Crippen LogP contribution in [0.15, 0.2) is 50.2 Å². The van der Waals surface area contributed by atoms with Crippen LogP contribution in [-0.4, -0.2) is 52.1 Å². The first-order valence-corrected chi connectivity index (χ1v) is 13.9. The van der Waals surface area contributed by atoms with Gasteiger partial charge in [-0.05, 0) is 59.8 Å². The fraction of sp³-hybridized carbons (Fsp3) is 0.448. The summed E-state index contributed by atoms with van der Waals surface area (Å²) < 4.78 is 12.6. The van der Waals surface area contributed by atoms with E-state index in [2.05, 4.69) is 39.7 Å². The number of nitrogens with zero attached hydrogens (tertiary/aromatic N) is 3. The van der Waals surface area contributed by atoms with Crippen molar-refractivity contribution >= 4 is 43.9 Å². The summed E-state index contributed by atoms with van der Waals surface area (Å²) in [6.45, 7) is 8.48. The lowest BCUT2D eigenvalue weighted by molar-refractivity contribution is -0.134. The minimum absolute atomic E-state index is 0.0573. The number of benzene rings is 1. The van der Waals surface area contributed by atoms with Gasteiger partial charge in [0, 0.05) is 59.6 Å². The summed E-state index contributed by atoms with van der Waals surface area (Å²) in [6.07, 6.45) is 4.13. The van der Waals surface area contributed by atoms with Gasteiger partial charge in [-0.15, -0.1) is 0 Å². The number of piperidine rings is 1. The Labute approximate surface area is 229 Å². The van der Waals surface area contributed by atoms with Gasteiger partial charge in [0.1, 0.15) is 16.9 Å². The molecule has 4 heterocycles. The van der Waals surface area contributed by atoms with E-state index in [-0.39, 0.29) is 22.8 Å². The van der Waals surface area contributed by atoms with Crippen LogP contribution >= 0.6 is 15.9 Å². The average molecular weight is 582 g/mol. The molecule has 5 rings (SSSR count). The second kappa shape index (κ2) is 11.0. The van der Waals surface area contributed by atoms with Crippen LogP contribution in [0.3, 0.4) is 0 Å². The van der Waals surface area contributed by atoms with Crippen LogP contribution in [0, 0.1) is 12.8 Å². The average Bonchev–Trinajstić information content (AvgIpc) is 3.28. The zero-order valence-electron chi connectivity index (χ0n) is 22.1. The van der Waals surface area contributed by atoms with Gasteiger partial charge in [-0.3, -0.25) is 9.59 Å². The number of furan rings is 1. The van der Waals surface area contributed by atoms with Crippen LogP contribution in [0.1, 0.15) is 50.2 Å². The van der Waals surface area contributed by atoms with E-state index in [0.29, 0.717) is 45.6 Å². The van der Waals surface area contributed by atoms with Crippen molar-refractivity contribution in [1.29, 1.82) is 0 Å².